The molecular weight excluding hydrogens is 254 g/mol. The van der Waals surface area contributed by atoms with E-state index in [0.717, 1.165) is 0 Å². The van der Waals surface area contributed by atoms with Gasteiger partial charge >= 0.3 is 16.4 Å². The van der Waals surface area contributed by atoms with Crippen molar-refractivity contribution in [3.63, 3.8) is 0 Å². The van der Waals surface area contributed by atoms with Crippen molar-refractivity contribution in [2.45, 2.75) is 13.1 Å². The SMILES string of the molecule is CC(N)NC(=O)N1CCOCC1.O=S(=O)(O)O. The molecule has 1 atom stereocenters. The molecular formula is C7H17N3O6S. The summed E-state index contributed by atoms with van der Waals surface area (Å²) in [4.78, 5) is 13.0. The van der Waals surface area contributed by atoms with Gasteiger partial charge in [0.05, 0.1) is 19.4 Å². The minimum absolute atomic E-state index is 0.103. The van der Waals surface area contributed by atoms with Crippen LogP contribution in [0.5, 0.6) is 0 Å². The van der Waals surface area contributed by atoms with Gasteiger partial charge in [0.25, 0.3) is 0 Å². The van der Waals surface area contributed by atoms with E-state index in [0.29, 0.717) is 26.3 Å². The lowest BCUT2D eigenvalue weighted by Crippen LogP contribution is -2.50. The first kappa shape index (κ1) is 16.1. The average Bonchev–Trinajstić information content (AvgIpc) is 2.15. The molecule has 1 saturated heterocycles. The summed E-state index contributed by atoms with van der Waals surface area (Å²) in [6, 6.07) is -0.103. The summed E-state index contributed by atoms with van der Waals surface area (Å²) in [6.07, 6.45) is -0.291. The van der Waals surface area contributed by atoms with Gasteiger partial charge in [-0.05, 0) is 6.92 Å². The summed E-state index contributed by atoms with van der Waals surface area (Å²) >= 11 is 0. The van der Waals surface area contributed by atoms with Crippen LogP contribution >= 0.6 is 0 Å². The van der Waals surface area contributed by atoms with Crippen molar-refractivity contribution >= 4 is 16.4 Å². The number of rotatable bonds is 1. The molecule has 102 valence electrons. The molecule has 1 aliphatic rings. The van der Waals surface area contributed by atoms with Crippen molar-refractivity contribution < 1.29 is 27.1 Å². The van der Waals surface area contributed by atoms with Crippen LogP contribution in [0.1, 0.15) is 6.92 Å². The van der Waals surface area contributed by atoms with E-state index >= 15 is 0 Å². The van der Waals surface area contributed by atoms with Gasteiger partial charge < -0.3 is 20.7 Å². The fourth-order valence-electron chi connectivity index (χ4n) is 1.05. The molecule has 0 spiro atoms. The molecule has 1 fully saturated rings. The van der Waals surface area contributed by atoms with Gasteiger partial charge in [-0.1, -0.05) is 0 Å². The van der Waals surface area contributed by atoms with E-state index in [1.807, 2.05) is 0 Å². The predicted octanol–water partition coefficient (Wildman–Crippen LogP) is -1.32. The number of carbonyl (C=O) groups excluding carboxylic acids is 1. The summed E-state index contributed by atoms with van der Waals surface area (Å²) in [6.45, 7) is 4.27. The van der Waals surface area contributed by atoms with Gasteiger partial charge in [0.15, 0.2) is 0 Å². The third-order valence-electron chi connectivity index (χ3n) is 1.65. The monoisotopic (exact) mass is 271 g/mol. The summed E-state index contributed by atoms with van der Waals surface area (Å²) < 4.78 is 36.7. The zero-order valence-corrected chi connectivity index (χ0v) is 10.2. The minimum atomic E-state index is -4.67. The summed E-state index contributed by atoms with van der Waals surface area (Å²) in [5, 5.41) is 2.62. The van der Waals surface area contributed by atoms with E-state index in [-0.39, 0.29) is 12.2 Å². The van der Waals surface area contributed by atoms with E-state index < -0.39 is 10.4 Å². The highest BCUT2D eigenvalue weighted by Gasteiger charge is 2.16. The maximum atomic E-state index is 11.3. The summed E-state index contributed by atoms with van der Waals surface area (Å²) in [5.41, 5.74) is 5.41. The van der Waals surface area contributed by atoms with Crippen LogP contribution in [0.15, 0.2) is 0 Å². The molecule has 1 unspecified atom stereocenters. The van der Waals surface area contributed by atoms with Crippen LogP contribution in [0.3, 0.4) is 0 Å². The number of nitrogens with one attached hydrogen (secondary N) is 1. The summed E-state index contributed by atoms with van der Waals surface area (Å²) in [7, 11) is -4.67. The lowest BCUT2D eigenvalue weighted by Gasteiger charge is -2.27. The highest BCUT2D eigenvalue weighted by atomic mass is 32.3. The molecule has 5 N–H and O–H groups in total. The molecule has 0 bridgehead atoms. The molecule has 17 heavy (non-hydrogen) atoms. The number of morpholine rings is 1. The van der Waals surface area contributed by atoms with E-state index in [1.54, 1.807) is 11.8 Å². The Morgan fingerprint density at radius 2 is 1.82 bits per heavy atom. The third-order valence-corrected chi connectivity index (χ3v) is 1.65. The van der Waals surface area contributed by atoms with Crippen LogP contribution in [-0.2, 0) is 15.1 Å². The van der Waals surface area contributed by atoms with E-state index in [2.05, 4.69) is 5.32 Å². The van der Waals surface area contributed by atoms with Crippen LogP contribution in [0, 0.1) is 0 Å². The number of urea groups is 1. The quantitative estimate of drug-likeness (QED) is 0.342. The van der Waals surface area contributed by atoms with Crippen LogP contribution in [0.2, 0.25) is 0 Å². The Morgan fingerprint density at radius 1 is 1.41 bits per heavy atom. The lowest BCUT2D eigenvalue weighted by molar-refractivity contribution is 0.0527. The highest BCUT2D eigenvalue weighted by Crippen LogP contribution is 1.96. The van der Waals surface area contributed by atoms with Crippen LogP contribution < -0.4 is 11.1 Å². The molecule has 1 rings (SSSR count). The maximum absolute atomic E-state index is 11.3. The average molecular weight is 271 g/mol. The second kappa shape index (κ2) is 7.40. The fraction of sp³-hybridized carbons (Fsp3) is 0.857. The first-order valence-electron chi connectivity index (χ1n) is 4.79. The Labute approximate surface area is 99.5 Å². The number of nitrogens with two attached hydrogens (primary N) is 1. The van der Waals surface area contributed by atoms with Crippen LogP contribution in [0.25, 0.3) is 0 Å². The molecule has 0 saturated carbocycles. The van der Waals surface area contributed by atoms with Gasteiger partial charge in [-0.3, -0.25) is 9.11 Å². The molecule has 2 amide bonds. The van der Waals surface area contributed by atoms with E-state index in [9.17, 15) is 4.79 Å². The van der Waals surface area contributed by atoms with Gasteiger partial charge in [0.1, 0.15) is 0 Å². The number of hydrogen-bond acceptors (Lipinski definition) is 5. The topological polar surface area (TPSA) is 142 Å². The second-order valence-electron chi connectivity index (χ2n) is 3.29. The van der Waals surface area contributed by atoms with Crippen molar-refractivity contribution in [3.8, 4) is 0 Å². The Bertz CT molecular complexity index is 317. The van der Waals surface area contributed by atoms with Crippen LogP contribution in [-0.4, -0.2) is 60.9 Å². The Balaban J connectivity index is 0.000000437. The van der Waals surface area contributed by atoms with Crippen molar-refractivity contribution in [2.24, 2.45) is 5.73 Å². The molecule has 9 nitrogen and oxygen atoms in total. The standard InChI is InChI=1S/C7H15N3O2.H2O4S/c1-6(8)9-7(11)10-2-4-12-5-3-10;1-5(2,3)4/h6H,2-5,8H2,1H3,(H,9,11);(H2,1,2,3,4). The van der Waals surface area contributed by atoms with Gasteiger partial charge in [-0.25, -0.2) is 4.79 Å². The molecule has 0 aromatic rings. The number of ether oxygens (including phenoxy) is 1. The molecule has 0 aliphatic carbocycles. The van der Waals surface area contributed by atoms with Crippen molar-refractivity contribution in [1.29, 1.82) is 0 Å². The second-order valence-corrected chi connectivity index (χ2v) is 4.18. The molecule has 0 aromatic carbocycles. The van der Waals surface area contributed by atoms with Gasteiger partial charge in [-0.2, -0.15) is 8.42 Å². The third kappa shape index (κ3) is 11.3. The lowest BCUT2D eigenvalue weighted by atomic mass is 10.4. The zero-order valence-electron chi connectivity index (χ0n) is 9.37. The van der Waals surface area contributed by atoms with E-state index in [1.165, 1.54) is 0 Å². The number of amides is 2. The molecule has 0 radical (unpaired) electrons. The van der Waals surface area contributed by atoms with Gasteiger partial charge in [-0.15, -0.1) is 0 Å². The normalized spacial score (nSPS) is 17.8. The summed E-state index contributed by atoms with van der Waals surface area (Å²) in [5.74, 6) is 0. The fourth-order valence-corrected chi connectivity index (χ4v) is 1.05. The van der Waals surface area contributed by atoms with Crippen molar-refractivity contribution in [1.82, 2.24) is 10.2 Å². The van der Waals surface area contributed by atoms with Gasteiger partial charge in [0, 0.05) is 13.1 Å². The number of carbonyl (C=O) groups is 1. The largest absolute Gasteiger partial charge is 0.394 e. The van der Waals surface area contributed by atoms with E-state index in [4.69, 9.17) is 28.0 Å². The molecule has 1 aliphatic heterocycles. The first-order valence-corrected chi connectivity index (χ1v) is 6.18. The number of nitrogens with zero attached hydrogens (tertiary/aromatic N) is 1. The number of hydrogen-bond donors (Lipinski definition) is 4. The highest BCUT2D eigenvalue weighted by molar-refractivity contribution is 7.79. The molecule has 10 heteroatoms. The van der Waals surface area contributed by atoms with Crippen molar-refractivity contribution in [3.05, 3.63) is 0 Å². The maximum Gasteiger partial charge on any atom is 0.394 e. The molecule has 0 aromatic heterocycles. The minimum Gasteiger partial charge on any atom is -0.378 e. The smallest absolute Gasteiger partial charge is 0.378 e. The predicted molar refractivity (Wildman–Crippen MR) is 58.8 cm³/mol. The van der Waals surface area contributed by atoms with Crippen molar-refractivity contribution in [2.75, 3.05) is 26.3 Å². The Hall–Kier alpha value is -0.940. The van der Waals surface area contributed by atoms with Gasteiger partial charge in [0.2, 0.25) is 0 Å². The Morgan fingerprint density at radius 3 is 2.18 bits per heavy atom. The first-order chi connectivity index (χ1) is 7.70. The van der Waals surface area contributed by atoms with Crippen LogP contribution in [0.4, 0.5) is 4.79 Å². The molecule has 1 heterocycles. The Kier molecular flexibility index (Phi) is 6.99. The zero-order chi connectivity index (χ0) is 13.5.